The molecule has 0 spiro atoms. The molecule has 0 saturated heterocycles. The van der Waals surface area contributed by atoms with Gasteiger partial charge in [0, 0.05) is 30.6 Å². The Balaban J connectivity index is 1.74. The number of halogens is 1. The number of rotatable bonds is 9. The van der Waals surface area contributed by atoms with Gasteiger partial charge in [0.15, 0.2) is 5.96 Å². The first-order chi connectivity index (χ1) is 12.6. The number of nitrogens with zero attached hydrogens (tertiary/aromatic N) is 2. The van der Waals surface area contributed by atoms with Crippen LogP contribution >= 0.6 is 11.3 Å². The van der Waals surface area contributed by atoms with Crippen molar-refractivity contribution in [3.63, 3.8) is 0 Å². The molecule has 7 heteroatoms. The van der Waals surface area contributed by atoms with Gasteiger partial charge in [0.1, 0.15) is 17.7 Å². The SMILES string of the molecule is CCNC(=NCC(C)Oc1ccc(F)cc1)NCCCc1nc(C)cs1. The first kappa shape index (κ1) is 20.2. The molecule has 1 aromatic heterocycles. The zero-order chi connectivity index (χ0) is 18.8. The largest absolute Gasteiger partial charge is 0.489 e. The molecule has 0 radical (unpaired) electrons. The van der Waals surface area contributed by atoms with Crippen LogP contribution in [-0.4, -0.2) is 36.7 Å². The normalized spacial score (nSPS) is 12.7. The molecule has 1 aromatic carbocycles. The first-order valence-electron chi connectivity index (χ1n) is 8.92. The lowest BCUT2D eigenvalue weighted by Crippen LogP contribution is -2.38. The van der Waals surface area contributed by atoms with Crippen LogP contribution in [0.15, 0.2) is 34.6 Å². The zero-order valence-corrected chi connectivity index (χ0v) is 16.4. The van der Waals surface area contributed by atoms with E-state index in [1.54, 1.807) is 23.5 Å². The minimum Gasteiger partial charge on any atom is -0.489 e. The summed E-state index contributed by atoms with van der Waals surface area (Å²) in [5, 5.41) is 9.82. The molecule has 2 rings (SSSR count). The van der Waals surface area contributed by atoms with E-state index in [-0.39, 0.29) is 11.9 Å². The third kappa shape index (κ3) is 7.39. The van der Waals surface area contributed by atoms with Gasteiger partial charge in [-0.15, -0.1) is 11.3 Å². The average molecular weight is 379 g/mol. The summed E-state index contributed by atoms with van der Waals surface area (Å²) >= 11 is 1.71. The third-order valence-corrected chi connectivity index (χ3v) is 4.55. The summed E-state index contributed by atoms with van der Waals surface area (Å²) in [6.45, 7) is 8.14. The van der Waals surface area contributed by atoms with Crippen LogP contribution < -0.4 is 15.4 Å². The lowest BCUT2D eigenvalue weighted by atomic mass is 10.3. The molecule has 0 aliphatic carbocycles. The molecule has 0 fully saturated rings. The Bertz CT molecular complexity index is 687. The summed E-state index contributed by atoms with van der Waals surface area (Å²) in [6, 6.07) is 6.03. The van der Waals surface area contributed by atoms with Crippen LogP contribution in [0, 0.1) is 12.7 Å². The smallest absolute Gasteiger partial charge is 0.191 e. The molecule has 142 valence electrons. The summed E-state index contributed by atoms with van der Waals surface area (Å²) in [7, 11) is 0. The van der Waals surface area contributed by atoms with Crippen LogP contribution in [0.5, 0.6) is 5.75 Å². The monoisotopic (exact) mass is 378 g/mol. The fourth-order valence-corrected chi connectivity index (χ4v) is 3.13. The Morgan fingerprint density at radius 2 is 2.08 bits per heavy atom. The number of thiazole rings is 1. The Kier molecular flexibility index (Phi) is 8.34. The van der Waals surface area contributed by atoms with E-state index in [4.69, 9.17) is 4.74 Å². The van der Waals surface area contributed by atoms with Gasteiger partial charge < -0.3 is 15.4 Å². The summed E-state index contributed by atoms with van der Waals surface area (Å²) in [5.74, 6) is 1.15. The molecule has 2 aromatic rings. The van der Waals surface area contributed by atoms with E-state index in [1.807, 2.05) is 20.8 Å². The molecule has 0 aliphatic heterocycles. The highest BCUT2D eigenvalue weighted by atomic mass is 32.1. The van der Waals surface area contributed by atoms with Crippen molar-refractivity contribution in [3.8, 4) is 5.75 Å². The maximum absolute atomic E-state index is 12.9. The Morgan fingerprint density at radius 1 is 1.31 bits per heavy atom. The predicted molar refractivity (Wildman–Crippen MR) is 106 cm³/mol. The van der Waals surface area contributed by atoms with Crippen LogP contribution in [0.3, 0.4) is 0 Å². The highest BCUT2D eigenvalue weighted by molar-refractivity contribution is 7.09. The van der Waals surface area contributed by atoms with E-state index in [0.29, 0.717) is 12.3 Å². The van der Waals surface area contributed by atoms with Crippen LogP contribution in [0.25, 0.3) is 0 Å². The van der Waals surface area contributed by atoms with Crippen molar-refractivity contribution in [1.82, 2.24) is 15.6 Å². The standard InChI is InChI=1S/C19H27FN4OS/c1-4-21-19(22-11-5-6-18-24-14(2)13-26-18)23-12-15(3)25-17-9-7-16(20)8-10-17/h7-10,13,15H,4-6,11-12H2,1-3H3,(H2,21,22,23). The highest BCUT2D eigenvalue weighted by Crippen LogP contribution is 2.13. The second kappa shape index (κ2) is 10.8. The van der Waals surface area contributed by atoms with Crippen molar-refractivity contribution in [1.29, 1.82) is 0 Å². The highest BCUT2D eigenvalue weighted by Gasteiger charge is 2.05. The number of aliphatic imine (C=N–C) groups is 1. The molecule has 0 bridgehead atoms. The first-order valence-corrected chi connectivity index (χ1v) is 9.80. The minimum atomic E-state index is -0.269. The van der Waals surface area contributed by atoms with Gasteiger partial charge in [0.2, 0.25) is 0 Å². The lowest BCUT2D eigenvalue weighted by molar-refractivity contribution is 0.230. The van der Waals surface area contributed by atoms with Crippen LogP contribution in [-0.2, 0) is 6.42 Å². The molecule has 0 amide bonds. The Labute approximate surface area is 158 Å². The van der Waals surface area contributed by atoms with Gasteiger partial charge in [0.05, 0.1) is 11.6 Å². The van der Waals surface area contributed by atoms with Gasteiger partial charge in [-0.2, -0.15) is 0 Å². The van der Waals surface area contributed by atoms with Gasteiger partial charge in [0.25, 0.3) is 0 Å². The molecule has 0 saturated carbocycles. The van der Waals surface area contributed by atoms with Gasteiger partial charge in [-0.05, 0) is 51.5 Å². The second-order valence-corrected chi connectivity index (χ2v) is 6.96. The number of guanidine groups is 1. The van der Waals surface area contributed by atoms with Crippen molar-refractivity contribution >= 4 is 17.3 Å². The number of ether oxygens (including phenoxy) is 1. The Morgan fingerprint density at radius 3 is 2.73 bits per heavy atom. The lowest BCUT2D eigenvalue weighted by Gasteiger charge is -2.15. The quantitative estimate of drug-likeness (QED) is 0.398. The van der Waals surface area contributed by atoms with E-state index >= 15 is 0 Å². The molecule has 2 N–H and O–H groups in total. The van der Waals surface area contributed by atoms with Gasteiger partial charge in [-0.1, -0.05) is 0 Å². The fourth-order valence-electron chi connectivity index (χ4n) is 2.31. The summed E-state index contributed by atoms with van der Waals surface area (Å²) in [5.41, 5.74) is 1.09. The molecule has 5 nitrogen and oxygen atoms in total. The van der Waals surface area contributed by atoms with Gasteiger partial charge in [-0.3, -0.25) is 0 Å². The maximum atomic E-state index is 12.9. The number of nitrogens with one attached hydrogen (secondary N) is 2. The number of hydrogen-bond acceptors (Lipinski definition) is 4. The van der Waals surface area contributed by atoms with Crippen LogP contribution in [0.1, 0.15) is 31.0 Å². The van der Waals surface area contributed by atoms with Crippen molar-refractivity contribution in [2.75, 3.05) is 19.6 Å². The van der Waals surface area contributed by atoms with Crippen molar-refractivity contribution in [2.45, 2.75) is 39.7 Å². The molecular formula is C19H27FN4OS. The van der Waals surface area contributed by atoms with E-state index < -0.39 is 0 Å². The number of aryl methyl sites for hydroxylation is 2. The maximum Gasteiger partial charge on any atom is 0.191 e. The zero-order valence-electron chi connectivity index (χ0n) is 15.6. The molecule has 1 atom stereocenters. The Hall–Kier alpha value is -2.15. The fraction of sp³-hybridized carbons (Fsp3) is 0.474. The topological polar surface area (TPSA) is 58.5 Å². The number of hydrogen-bond donors (Lipinski definition) is 2. The van der Waals surface area contributed by atoms with Crippen LogP contribution in [0.4, 0.5) is 4.39 Å². The van der Waals surface area contributed by atoms with Crippen molar-refractivity contribution in [3.05, 3.63) is 46.2 Å². The van der Waals surface area contributed by atoms with E-state index in [1.165, 1.54) is 17.1 Å². The van der Waals surface area contributed by atoms with Crippen molar-refractivity contribution in [2.24, 2.45) is 4.99 Å². The van der Waals surface area contributed by atoms with Crippen molar-refractivity contribution < 1.29 is 9.13 Å². The van der Waals surface area contributed by atoms with E-state index in [0.717, 1.165) is 37.6 Å². The van der Waals surface area contributed by atoms with Crippen LogP contribution in [0.2, 0.25) is 0 Å². The second-order valence-electron chi connectivity index (χ2n) is 6.01. The summed E-state index contributed by atoms with van der Waals surface area (Å²) in [6.07, 6.45) is 1.86. The molecular weight excluding hydrogens is 351 g/mol. The van der Waals surface area contributed by atoms with E-state index in [9.17, 15) is 4.39 Å². The third-order valence-electron chi connectivity index (χ3n) is 3.53. The predicted octanol–water partition coefficient (Wildman–Crippen LogP) is 3.55. The molecule has 26 heavy (non-hydrogen) atoms. The van der Waals surface area contributed by atoms with Gasteiger partial charge in [-0.25, -0.2) is 14.4 Å². The summed E-state index contributed by atoms with van der Waals surface area (Å²) < 4.78 is 18.7. The minimum absolute atomic E-state index is 0.103. The van der Waals surface area contributed by atoms with E-state index in [2.05, 4.69) is 26.0 Å². The molecule has 1 unspecified atom stereocenters. The number of benzene rings is 1. The average Bonchev–Trinajstić information content (AvgIpc) is 3.03. The molecule has 1 heterocycles. The molecule has 0 aliphatic rings. The number of aromatic nitrogens is 1. The van der Waals surface area contributed by atoms with Gasteiger partial charge >= 0.3 is 0 Å². The summed E-state index contributed by atoms with van der Waals surface area (Å²) in [4.78, 5) is 9.03.